The largest absolute Gasteiger partial charge is 0.473 e. The second-order valence-corrected chi connectivity index (χ2v) is 6.35. The molecule has 2 heterocycles. The van der Waals surface area contributed by atoms with Gasteiger partial charge in [-0.05, 0) is 36.1 Å². The zero-order valence-electron chi connectivity index (χ0n) is 14.5. The summed E-state index contributed by atoms with van der Waals surface area (Å²) in [5, 5.41) is 0. The number of anilines is 1. The molecule has 4 rings (SSSR count). The standard InChI is InChI=1S/C22H20N2O2/c25-22(24-14-6-10-18-9-4-5-11-20(18)24)19-12-13-23-21(15-19)26-16-17-7-2-1-3-8-17/h1-5,7-9,11-13,15H,6,10,14,16H2. The lowest BCUT2D eigenvalue weighted by atomic mass is 10.0. The van der Waals surface area contributed by atoms with E-state index in [1.807, 2.05) is 53.4 Å². The number of hydrogen-bond acceptors (Lipinski definition) is 3. The Balaban J connectivity index is 1.52. The highest BCUT2D eigenvalue weighted by atomic mass is 16.5. The Labute approximate surface area is 153 Å². The van der Waals surface area contributed by atoms with Crippen LogP contribution in [-0.2, 0) is 13.0 Å². The van der Waals surface area contributed by atoms with E-state index in [0.29, 0.717) is 18.1 Å². The molecule has 1 aromatic heterocycles. The molecule has 0 saturated carbocycles. The first kappa shape index (κ1) is 16.3. The van der Waals surface area contributed by atoms with Gasteiger partial charge < -0.3 is 9.64 Å². The van der Waals surface area contributed by atoms with E-state index in [9.17, 15) is 4.79 Å². The van der Waals surface area contributed by atoms with Gasteiger partial charge in [-0.25, -0.2) is 4.98 Å². The van der Waals surface area contributed by atoms with Gasteiger partial charge >= 0.3 is 0 Å². The van der Waals surface area contributed by atoms with E-state index >= 15 is 0 Å². The van der Waals surface area contributed by atoms with Crippen LogP contribution in [0.1, 0.15) is 27.9 Å². The zero-order valence-corrected chi connectivity index (χ0v) is 14.5. The molecule has 0 aliphatic carbocycles. The SMILES string of the molecule is O=C(c1ccnc(OCc2ccccc2)c1)N1CCCc2ccccc21. The van der Waals surface area contributed by atoms with Crippen molar-refractivity contribution in [1.82, 2.24) is 4.98 Å². The normalized spacial score (nSPS) is 13.2. The summed E-state index contributed by atoms with van der Waals surface area (Å²) in [6.45, 7) is 1.16. The van der Waals surface area contributed by atoms with E-state index in [0.717, 1.165) is 30.6 Å². The van der Waals surface area contributed by atoms with Gasteiger partial charge in [0, 0.05) is 30.1 Å². The number of carbonyl (C=O) groups is 1. The number of para-hydroxylation sites is 1. The van der Waals surface area contributed by atoms with Crippen molar-refractivity contribution in [2.45, 2.75) is 19.4 Å². The van der Waals surface area contributed by atoms with Crippen LogP contribution < -0.4 is 9.64 Å². The summed E-state index contributed by atoms with van der Waals surface area (Å²) in [6.07, 6.45) is 3.62. The first-order valence-corrected chi connectivity index (χ1v) is 8.84. The zero-order chi connectivity index (χ0) is 17.8. The summed E-state index contributed by atoms with van der Waals surface area (Å²) < 4.78 is 5.76. The molecule has 4 heteroatoms. The second kappa shape index (κ2) is 7.40. The summed E-state index contributed by atoms with van der Waals surface area (Å²) in [4.78, 5) is 19.1. The van der Waals surface area contributed by atoms with Crippen molar-refractivity contribution in [3.05, 3.63) is 89.6 Å². The lowest BCUT2D eigenvalue weighted by molar-refractivity contribution is 0.0984. The van der Waals surface area contributed by atoms with Gasteiger partial charge in [0.05, 0.1) is 0 Å². The molecule has 26 heavy (non-hydrogen) atoms. The van der Waals surface area contributed by atoms with Crippen molar-refractivity contribution in [2.24, 2.45) is 0 Å². The monoisotopic (exact) mass is 344 g/mol. The Hall–Kier alpha value is -3.14. The number of aromatic nitrogens is 1. The van der Waals surface area contributed by atoms with E-state index in [-0.39, 0.29) is 5.91 Å². The average Bonchev–Trinajstić information content (AvgIpc) is 2.72. The third-order valence-electron chi connectivity index (χ3n) is 4.57. The van der Waals surface area contributed by atoms with Crippen molar-refractivity contribution in [1.29, 1.82) is 0 Å². The number of aryl methyl sites for hydroxylation is 1. The molecular formula is C22H20N2O2. The highest BCUT2D eigenvalue weighted by Crippen LogP contribution is 2.28. The number of nitrogens with zero attached hydrogens (tertiary/aromatic N) is 2. The van der Waals surface area contributed by atoms with E-state index in [1.165, 1.54) is 5.56 Å². The Morgan fingerprint density at radius 2 is 1.85 bits per heavy atom. The maximum atomic E-state index is 13.0. The van der Waals surface area contributed by atoms with Crippen molar-refractivity contribution in [2.75, 3.05) is 11.4 Å². The van der Waals surface area contributed by atoms with Gasteiger partial charge in [0.1, 0.15) is 6.61 Å². The maximum Gasteiger partial charge on any atom is 0.258 e. The van der Waals surface area contributed by atoms with Crippen molar-refractivity contribution in [3.8, 4) is 5.88 Å². The fourth-order valence-corrected chi connectivity index (χ4v) is 3.25. The average molecular weight is 344 g/mol. The molecule has 2 aromatic carbocycles. The molecule has 0 unspecified atom stereocenters. The van der Waals surface area contributed by atoms with Crippen LogP contribution in [0.2, 0.25) is 0 Å². The topological polar surface area (TPSA) is 42.4 Å². The smallest absolute Gasteiger partial charge is 0.258 e. The first-order chi connectivity index (χ1) is 12.8. The van der Waals surface area contributed by atoms with Gasteiger partial charge in [-0.2, -0.15) is 0 Å². The Kier molecular flexibility index (Phi) is 4.65. The van der Waals surface area contributed by atoms with Crippen LogP contribution in [0.3, 0.4) is 0 Å². The molecule has 0 spiro atoms. The third kappa shape index (κ3) is 3.45. The Morgan fingerprint density at radius 3 is 2.73 bits per heavy atom. The molecule has 1 aliphatic heterocycles. The Morgan fingerprint density at radius 1 is 1.04 bits per heavy atom. The predicted octanol–water partition coefficient (Wildman–Crippen LogP) is 4.25. The lowest BCUT2D eigenvalue weighted by Crippen LogP contribution is -2.35. The molecule has 1 aliphatic rings. The van der Waals surface area contributed by atoms with Crippen LogP contribution >= 0.6 is 0 Å². The number of benzene rings is 2. The third-order valence-corrected chi connectivity index (χ3v) is 4.57. The van der Waals surface area contributed by atoms with Crippen LogP contribution in [0.5, 0.6) is 5.88 Å². The van der Waals surface area contributed by atoms with Crippen molar-refractivity contribution < 1.29 is 9.53 Å². The summed E-state index contributed by atoms with van der Waals surface area (Å²) >= 11 is 0. The number of pyridine rings is 1. The van der Waals surface area contributed by atoms with Crippen LogP contribution in [0, 0.1) is 0 Å². The minimum atomic E-state index is -0.0101. The number of rotatable bonds is 4. The Bertz CT molecular complexity index is 909. The molecule has 4 nitrogen and oxygen atoms in total. The molecule has 3 aromatic rings. The van der Waals surface area contributed by atoms with Gasteiger partial charge in [0.25, 0.3) is 5.91 Å². The van der Waals surface area contributed by atoms with Gasteiger partial charge in [-0.3, -0.25) is 4.79 Å². The molecule has 0 atom stereocenters. The molecule has 0 saturated heterocycles. The minimum absolute atomic E-state index is 0.0101. The number of carbonyl (C=O) groups excluding carboxylic acids is 1. The van der Waals surface area contributed by atoms with Gasteiger partial charge in [-0.15, -0.1) is 0 Å². The van der Waals surface area contributed by atoms with Crippen molar-refractivity contribution >= 4 is 11.6 Å². The molecule has 0 N–H and O–H groups in total. The summed E-state index contributed by atoms with van der Waals surface area (Å²) in [5.74, 6) is 0.453. The molecule has 0 bridgehead atoms. The molecule has 0 radical (unpaired) electrons. The summed E-state index contributed by atoms with van der Waals surface area (Å²) in [6, 6.07) is 21.5. The quantitative estimate of drug-likeness (QED) is 0.710. The van der Waals surface area contributed by atoms with Crippen molar-refractivity contribution in [3.63, 3.8) is 0 Å². The molecule has 130 valence electrons. The minimum Gasteiger partial charge on any atom is -0.473 e. The number of hydrogen-bond donors (Lipinski definition) is 0. The second-order valence-electron chi connectivity index (χ2n) is 6.35. The molecule has 1 amide bonds. The number of fused-ring (bicyclic) bond motifs is 1. The fourth-order valence-electron chi connectivity index (χ4n) is 3.25. The van der Waals surface area contributed by atoms with Gasteiger partial charge in [-0.1, -0.05) is 48.5 Å². The van der Waals surface area contributed by atoms with E-state index in [4.69, 9.17) is 4.74 Å². The number of amides is 1. The molecule has 0 fully saturated rings. The summed E-state index contributed by atoms with van der Waals surface area (Å²) in [5.41, 5.74) is 3.89. The highest BCUT2D eigenvalue weighted by molar-refractivity contribution is 6.06. The van der Waals surface area contributed by atoms with E-state index < -0.39 is 0 Å². The number of ether oxygens (including phenoxy) is 1. The van der Waals surface area contributed by atoms with E-state index in [2.05, 4.69) is 11.1 Å². The fraction of sp³-hybridized carbons (Fsp3) is 0.182. The van der Waals surface area contributed by atoms with Crippen LogP contribution in [0.4, 0.5) is 5.69 Å². The van der Waals surface area contributed by atoms with Crippen LogP contribution in [-0.4, -0.2) is 17.4 Å². The van der Waals surface area contributed by atoms with Crippen LogP contribution in [0.25, 0.3) is 0 Å². The van der Waals surface area contributed by atoms with Gasteiger partial charge in [0.2, 0.25) is 5.88 Å². The summed E-state index contributed by atoms with van der Waals surface area (Å²) in [7, 11) is 0. The highest BCUT2D eigenvalue weighted by Gasteiger charge is 2.23. The van der Waals surface area contributed by atoms with Crippen LogP contribution in [0.15, 0.2) is 72.9 Å². The lowest BCUT2D eigenvalue weighted by Gasteiger charge is -2.29. The van der Waals surface area contributed by atoms with E-state index in [1.54, 1.807) is 18.3 Å². The molecular weight excluding hydrogens is 324 g/mol. The van der Waals surface area contributed by atoms with Gasteiger partial charge in [0.15, 0.2) is 0 Å². The predicted molar refractivity (Wildman–Crippen MR) is 101 cm³/mol. The first-order valence-electron chi connectivity index (χ1n) is 8.84. The maximum absolute atomic E-state index is 13.0.